The number of ether oxygens (including phenoxy) is 1. The van der Waals surface area contributed by atoms with Gasteiger partial charge in [-0.2, -0.15) is 13.2 Å². The number of halogens is 3. The summed E-state index contributed by atoms with van der Waals surface area (Å²) in [4.78, 5) is 42.5. The van der Waals surface area contributed by atoms with Crippen LogP contribution in [0.5, 0.6) is 0 Å². The predicted molar refractivity (Wildman–Crippen MR) is 201 cm³/mol. The molecule has 2 N–H and O–H groups in total. The lowest BCUT2D eigenvalue weighted by atomic mass is 9.79. The van der Waals surface area contributed by atoms with E-state index in [0.29, 0.717) is 34.7 Å². The van der Waals surface area contributed by atoms with Crippen LogP contribution in [0.25, 0.3) is 11.1 Å². The third kappa shape index (κ3) is 9.47. The quantitative estimate of drug-likeness (QED) is 0.151. The fourth-order valence-electron chi connectivity index (χ4n) is 7.89. The van der Waals surface area contributed by atoms with Crippen molar-refractivity contribution in [2.45, 2.75) is 69.5 Å². The van der Waals surface area contributed by atoms with Crippen LogP contribution in [0.15, 0.2) is 103 Å². The van der Waals surface area contributed by atoms with Gasteiger partial charge in [-0.15, -0.1) is 0 Å². The van der Waals surface area contributed by atoms with Crippen LogP contribution in [0.3, 0.4) is 0 Å². The fraction of sp³-hybridized carbons (Fsp3) is 0.372. The monoisotopic (exact) mass is 725 g/mol. The van der Waals surface area contributed by atoms with Gasteiger partial charge in [0.25, 0.3) is 5.91 Å². The molecule has 1 aliphatic heterocycles. The summed E-state index contributed by atoms with van der Waals surface area (Å²) < 4.78 is 44.4. The number of alkyl halides is 3. The summed E-state index contributed by atoms with van der Waals surface area (Å²) in [7, 11) is 1.37. The Hall–Kier alpha value is -5.12. The van der Waals surface area contributed by atoms with Crippen molar-refractivity contribution in [3.05, 3.63) is 120 Å². The summed E-state index contributed by atoms with van der Waals surface area (Å²) in [5.41, 5.74) is 3.16. The molecule has 6 rings (SSSR count). The summed E-state index contributed by atoms with van der Waals surface area (Å²) in [6.07, 6.45) is 3.36. The van der Waals surface area contributed by atoms with Crippen LogP contribution >= 0.6 is 0 Å². The largest absolute Gasteiger partial charge is 0.467 e. The Bertz CT molecular complexity index is 1830. The van der Waals surface area contributed by atoms with E-state index in [1.54, 1.807) is 24.3 Å². The van der Waals surface area contributed by atoms with Gasteiger partial charge in [-0.25, -0.2) is 4.79 Å². The maximum atomic E-state index is 14.0. The zero-order valence-electron chi connectivity index (χ0n) is 29.9. The Morgan fingerprint density at radius 1 is 0.792 bits per heavy atom. The van der Waals surface area contributed by atoms with E-state index in [1.165, 1.54) is 25.7 Å². The smallest absolute Gasteiger partial charge is 0.416 e. The second kappa shape index (κ2) is 17.1. The maximum Gasteiger partial charge on any atom is 0.416 e. The van der Waals surface area contributed by atoms with Crippen molar-refractivity contribution in [2.75, 3.05) is 30.4 Å². The van der Waals surface area contributed by atoms with Crippen molar-refractivity contribution in [2.24, 2.45) is 11.8 Å². The second-order valence-corrected chi connectivity index (χ2v) is 14.2. The Morgan fingerprint density at radius 2 is 1.43 bits per heavy atom. The Kier molecular flexibility index (Phi) is 12.2. The third-order valence-corrected chi connectivity index (χ3v) is 10.7. The molecule has 4 aromatic rings. The lowest BCUT2D eigenvalue weighted by Crippen LogP contribution is -2.47. The number of methoxy groups -OCH3 is 1. The van der Waals surface area contributed by atoms with Crippen molar-refractivity contribution in [1.82, 2.24) is 5.32 Å². The molecule has 7 nitrogen and oxygen atoms in total. The van der Waals surface area contributed by atoms with E-state index in [2.05, 4.69) is 15.5 Å². The van der Waals surface area contributed by atoms with E-state index in [9.17, 15) is 27.6 Å². The van der Waals surface area contributed by atoms with Crippen LogP contribution in [-0.2, 0) is 20.5 Å². The first-order chi connectivity index (χ1) is 25.6. The lowest BCUT2D eigenvalue weighted by molar-refractivity contribution is -0.146. The molecular formula is C43H46F3N3O4. The van der Waals surface area contributed by atoms with Crippen LogP contribution in [0.1, 0.15) is 78.8 Å². The first-order valence-corrected chi connectivity index (χ1v) is 18.5. The SMILES string of the molecule is COC(=O)C(CC1CCCCC1)NC(=O)C(c1ccccc1)C1CCN(c2ccc(NC(=O)c3ccccc3-c3ccc(C(F)(F)F)cc3)cc2)CC1. The highest BCUT2D eigenvalue weighted by atomic mass is 19.4. The standard InChI is InChI=1S/C43H46F3N3O4/c1-53-42(52)38(28-29-10-4-2-5-11-29)48-41(51)39(31-12-6-3-7-13-31)32-24-26-49(27-25-32)35-22-20-34(21-23-35)47-40(50)37-15-9-8-14-36(37)30-16-18-33(19-17-30)43(44,45)46/h3,6-9,12-23,29,32,38-39H,2,4-5,10-11,24-28H2,1H3,(H,47,50)(H,48,51). The Labute approximate surface area is 308 Å². The molecular weight excluding hydrogens is 679 g/mol. The van der Waals surface area contributed by atoms with E-state index in [0.717, 1.165) is 75.0 Å². The zero-order chi connectivity index (χ0) is 37.4. The maximum absolute atomic E-state index is 14.0. The number of nitrogens with zero attached hydrogens (tertiary/aromatic N) is 1. The van der Waals surface area contributed by atoms with E-state index < -0.39 is 29.7 Å². The number of piperidine rings is 1. The number of benzene rings is 4. The molecule has 0 bridgehead atoms. The van der Waals surface area contributed by atoms with Crippen molar-refractivity contribution in [3.8, 4) is 11.1 Å². The molecule has 0 spiro atoms. The number of rotatable bonds is 11. The number of amides is 2. The van der Waals surface area contributed by atoms with Crippen LogP contribution < -0.4 is 15.5 Å². The minimum Gasteiger partial charge on any atom is -0.467 e. The number of nitrogens with one attached hydrogen (secondary N) is 2. The number of carbonyl (C=O) groups is 3. The minimum absolute atomic E-state index is 0.0740. The van der Waals surface area contributed by atoms with Gasteiger partial charge >= 0.3 is 12.1 Å². The number of hydrogen-bond acceptors (Lipinski definition) is 5. The van der Waals surface area contributed by atoms with Crippen LogP contribution in [0.2, 0.25) is 0 Å². The van der Waals surface area contributed by atoms with Crippen LogP contribution in [0, 0.1) is 11.8 Å². The fourth-order valence-corrected chi connectivity index (χ4v) is 7.89. The molecule has 2 unspecified atom stereocenters. The van der Waals surface area contributed by atoms with Gasteiger partial charge in [0.1, 0.15) is 6.04 Å². The number of carbonyl (C=O) groups excluding carboxylic acids is 3. The van der Waals surface area contributed by atoms with Gasteiger partial charge in [-0.05, 0) is 90.3 Å². The Morgan fingerprint density at radius 3 is 2.08 bits per heavy atom. The highest BCUT2D eigenvalue weighted by Crippen LogP contribution is 2.36. The van der Waals surface area contributed by atoms with Gasteiger partial charge in [0.05, 0.1) is 18.6 Å². The first kappa shape index (κ1) is 37.6. The zero-order valence-corrected chi connectivity index (χ0v) is 29.9. The lowest BCUT2D eigenvalue weighted by Gasteiger charge is -2.37. The summed E-state index contributed by atoms with van der Waals surface area (Å²) in [6.45, 7) is 1.46. The van der Waals surface area contributed by atoms with Crippen molar-refractivity contribution in [3.63, 3.8) is 0 Å². The molecule has 2 aliphatic rings. The van der Waals surface area contributed by atoms with Crippen molar-refractivity contribution in [1.29, 1.82) is 0 Å². The van der Waals surface area contributed by atoms with Crippen molar-refractivity contribution < 1.29 is 32.3 Å². The molecule has 2 amide bonds. The first-order valence-electron chi connectivity index (χ1n) is 18.5. The normalized spacial score (nSPS) is 16.7. The number of esters is 1. The molecule has 4 aromatic carbocycles. The highest BCUT2D eigenvalue weighted by molar-refractivity contribution is 6.08. The predicted octanol–water partition coefficient (Wildman–Crippen LogP) is 9.25. The molecule has 1 aliphatic carbocycles. The number of hydrogen-bond donors (Lipinski definition) is 2. The summed E-state index contributed by atoms with van der Waals surface area (Å²) in [5, 5.41) is 6.03. The van der Waals surface area contributed by atoms with E-state index in [1.807, 2.05) is 54.6 Å². The molecule has 0 aromatic heterocycles. The molecule has 1 saturated heterocycles. The van der Waals surface area contributed by atoms with Crippen LogP contribution in [0.4, 0.5) is 24.5 Å². The topological polar surface area (TPSA) is 87.7 Å². The number of anilines is 2. The van der Waals surface area contributed by atoms with Crippen molar-refractivity contribution >= 4 is 29.2 Å². The molecule has 0 radical (unpaired) electrons. The molecule has 2 atom stereocenters. The Balaban J connectivity index is 1.09. The van der Waals surface area contributed by atoms with Gasteiger partial charge in [-0.3, -0.25) is 9.59 Å². The van der Waals surface area contributed by atoms with Gasteiger partial charge < -0.3 is 20.3 Å². The molecule has 2 fully saturated rings. The average Bonchev–Trinajstić information content (AvgIpc) is 3.18. The molecule has 1 heterocycles. The van der Waals surface area contributed by atoms with E-state index >= 15 is 0 Å². The molecule has 53 heavy (non-hydrogen) atoms. The van der Waals surface area contributed by atoms with Gasteiger partial charge in [0.2, 0.25) is 5.91 Å². The summed E-state index contributed by atoms with van der Waals surface area (Å²) in [6, 6.07) is 28.3. The van der Waals surface area contributed by atoms with Gasteiger partial charge in [0.15, 0.2) is 0 Å². The molecule has 278 valence electrons. The molecule has 1 saturated carbocycles. The van der Waals surface area contributed by atoms with E-state index in [-0.39, 0.29) is 17.7 Å². The second-order valence-electron chi connectivity index (χ2n) is 14.2. The van der Waals surface area contributed by atoms with Gasteiger partial charge in [0, 0.05) is 30.0 Å². The average molecular weight is 726 g/mol. The minimum atomic E-state index is -4.44. The van der Waals surface area contributed by atoms with Crippen LogP contribution in [-0.4, -0.2) is 44.0 Å². The van der Waals surface area contributed by atoms with Gasteiger partial charge in [-0.1, -0.05) is 92.8 Å². The summed E-state index contributed by atoms with van der Waals surface area (Å²) >= 11 is 0. The summed E-state index contributed by atoms with van der Waals surface area (Å²) in [5.74, 6) is -0.832. The third-order valence-electron chi connectivity index (χ3n) is 10.7. The molecule has 10 heteroatoms. The highest BCUT2D eigenvalue weighted by Gasteiger charge is 2.36. The van der Waals surface area contributed by atoms with E-state index in [4.69, 9.17) is 4.74 Å².